The second kappa shape index (κ2) is 9.13. The molecule has 1 aliphatic carbocycles. The van der Waals surface area contributed by atoms with Crippen molar-refractivity contribution >= 4 is 5.97 Å². The maximum atomic E-state index is 14.4. The first-order valence-corrected chi connectivity index (χ1v) is 11.9. The van der Waals surface area contributed by atoms with E-state index in [1.165, 1.54) is 6.07 Å². The van der Waals surface area contributed by atoms with Crippen LogP contribution in [0, 0.1) is 17.7 Å². The highest BCUT2D eigenvalue weighted by Gasteiger charge is 2.39. The predicted octanol–water partition coefficient (Wildman–Crippen LogP) is 6.78. The van der Waals surface area contributed by atoms with Gasteiger partial charge in [0, 0.05) is 5.56 Å². The molecule has 0 aromatic heterocycles. The number of rotatable bonds is 7. The minimum Gasteiger partial charge on any atom is -0.497 e. The van der Waals surface area contributed by atoms with E-state index >= 15 is 0 Å². The van der Waals surface area contributed by atoms with Crippen molar-refractivity contribution in [2.24, 2.45) is 11.8 Å². The summed E-state index contributed by atoms with van der Waals surface area (Å²) < 4.78 is 26.0. The first-order valence-electron chi connectivity index (χ1n) is 11.9. The van der Waals surface area contributed by atoms with E-state index in [0.29, 0.717) is 17.2 Å². The number of carboxylic acid groups (broad SMARTS) is 1. The summed E-state index contributed by atoms with van der Waals surface area (Å²) in [7, 11) is 1.57. The summed E-state index contributed by atoms with van der Waals surface area (Å²) >= 11 is 0. The van der Waals surface area contributed by atoms with Gasteiger partial charge in [-0.05, 0) is 84.0 Å². The molecule has 0 amide bonds. The lowest BCUT2D eigenvalue weighted by atomic mass is 9.82. The third-order valence-corrected chi connectivity index (χ3v) is 7.25. The van der Waals surface area contributed by atoms with E-state index in [1.54, 1.807) is 26.2 Å². The Morgan fingerprint density at radius 3 is 2.50 bits per heavy atom. The molecule has 2 aliphatic rings. The van der Waals surface area contributed by atoms with E-state index in [-0.39, 0.29) is 17.8 Å². The number of methoxy groups -OCH3 is 1. The molecule has 0 bridgehead atoms. The summed E-state index contributed by atoms with van der Waals surface area (Å²) in [5.74, 6) is 0.460. The summed E-state index contributed by atoms with van der Waals surface area (Å²) in [6.07, 6.45) is 3.83. The molecule has 1 fully saturated rings. The lowest BCUT2D eigenvalue weighted by Crippen LogP contribution is -2.21. The zero-order valence-electron chi connectivity index (χ0n) is 19.5. The highest BCUT2D eigenvalue weighted by atomic mass is 19.1. The molecular formula is C29H29FO4. The van der Waals surface area contributed by atoms with Crippen molar-refractivity contribution in [2.75, 3.05) is 7.11 Å². The van der Waals surface area contributed by atoms with Gasteiger partial charge in [0.05, 0.1) is 13.0 Å². The molecule has 0 spiro atoms. The second-order valence-electron chi connectivity index (χ2n) is 9.47. The van der Waals surface area contributed by atoms with Crippen LogP contribution in [0.25, 0.3) is 11.1 Å². The van der Waals surface area contributed by atoms with Crippen LogP contribution in [0.3, 0.4) is 0 Å². The summed E-state index contributed by atoms with van der Waals surface area (Å²) in [5, 5.41) is 9.61. The maximum absolute atomic E-state index is 14.4. The molecule has 4 nitrogen and oxygen atoms in total. The van der Waals surface area contributed by atoms with Gasteiger partial charge in [-0.25, -0.2) is 4.39 Å². The first-order chi connectivity index (χ1) is 16.4. The highest BCUT2D eigenvalue weighted by Crippen LogP contribution is 2.48. The largest absolute Gasteiger partial charge is 0.497 e. The zero-order valence-corrected chi connectivity index (χ0v) is 19.5. The van der Waals surface area contributed by atoms with Crippen LogP contribution in [0.4, 0.5) is 4.39 Å². The Morgan fingerprint density at radius 1 is 1.06 bits per heavy atom. The Labute approximate surface area is 199 Å². The normalized spacial score (nSPS) is 19.0. The number of benzene rings is 3. The summed E-state index contributed by atoms with van der Waals surface area (Å²) in [6.45, 7) is 1.81. The molecule has 5 rings (SSSR count). The van der Waals surface area contributed by atoms with Gasteiger partial charge in [-0.1, -0.05) is 43.3 Å². The van der Waals surface area contributed by atoms with Crippen LogP contribution in [-0.4, -0.2) is 18.2 Å². The summed E-state index contributed by atoms with van der Waals surface area (Å²) in [5.41, 5.74) is 4.55. The molecule has 3 atom stereocenters. The van der Waals surface area contributed by atoms with E-state index in [0.717, 1.165) is 53.7 Å². The third kappa shape index (κ3) is 4.39. The fourth-order valence-electron chi connectivity index (χ4n) is 5.14. The standard InChI is InChI=1S/C29H29FO4/c1-17(29(31)32)28(21-8-9-21)22-10-7-20-11-14-26(34-27(20)15-22)19-5-3-18(4-6-19)24-16-23(33-2)12-13-25(24)30/h3-7,10,12-13,15-17,21,26,28H,8-9,11,14H2,1-2H3,(H,31,32)/t17?,26?,28-/m0/s1. The molecule has 1 N–H and O–H groups in total. The number of fused-ring (bicyclic) bond motifs is 1. The molecular weight excluding hydrogens is 431 g/mol. The molecule has 34 heavy (non-hydrogen) atoms. The first kappa shape index (κ1) is 22.5. The monoisotopic (exact) mass is 460 g/mol. The van der Waals surface area contributed by atoms with E-state index in [2.05, 4.69) is 18.2 Å². The highest BCUT2D eigenvalue weighted by molar-refractivity contribution is 5.71. The molecule has 3 aromatic rings. The van der Waals surface area contributed by atoms with Gasteiger partial charge in [-0.15, -0.1) is 0 Å². The van der Waals surface area contributed by atoms with Crippen LogP contribution in [0.15, 0.2) is 60.7 Å². The maximum Gasteiger partial charge on any atom is 0.306 e. The molecule has 2 unspecified atom stereocenters. The Balaban J connectivity index is 1.37. The lowest BCUT2D eigenvalue weighted by Gasteiger charge is -2.29. The molecule has 1 heterocycles. The van der Waals surface area contributed by atoms with E-state index < -0.39 is 11.9 Å². The average molecular weight is 461 g/mol. The van der Waals surface area contributed by atoms with Gasteiger partial charge in [-0.2, -0.15) is 0 Å². The van der Waals surface area contributed by atoms with Gasteiger partial charge in [0.2, 0.25) is 0 Å². The minimum atomic E-state index is -0.749. The predicted molar refractivity (Wildman–Crippen MR) is 129 cm³/mol. The van der Waals surface area contributed by atoms with E-state index in [1.807, 2.05) is 24.3 Å². The molecule has 0 radical (unpaired) electrons. The second-order valence-corrected chi connectivity index (χ2v) is 9.47. The average Bonchev–Trinajstić information content (AvgIpc) is 3.69. The molecule has 1 aliphatic heterocycles. The lowest BCUT2D eigenvalue weighted by molar-refractivity contribution is -0.142. The summed E-state index contributed by atoms with van der Waals surface area (Å²) in [6, 6.07) is 18.8. The number of carbonyl (C=O) groups is 1. The number of ether oxygens (including phenoxy) is 2. The number of carboxylic acids is 1. The fraction of sp³-hybridized carbons (Fsp3) is 0.345. The van der Waals surface area contributed by atoms with Gasteiger partial charge in [0.15, 0.2) is 0 Å². The van der Waals surface area contributed by atoms with Gasteiger partial charge >= 0.3 is 5.97 Å². The number of hydrogen-bond acceptors (Lipinski definition) is 3. The van der Waals surface area contributed by atoms with Crippen LogP contribution in [-0.2, 0) is 11.2 Å². The zero-order chi connectivity index (χ0) is 23.8. The Morgan fingerprint density at radius 2 is 1.82 bits per heavy atom. The number of halogens is 1. The smallest absolute Gasteiger partial charge is 0.306 e. The van der Waals surface area contributed by atoms with Gasteiger partial charge < -0.3 is 14.6 Å². The van der Waals surface area contributed by atoms with Gasteiger partial charge in [-0.3, -0.25) is 4.79 Å². The van der Waals surface area contributed by atoms with Crippen molar-refractivity contribution in [2.45, 2.75) is 44.6 Å². The van der Waals surface area contributed by atoms with Crippen molar-refractivity contribution in [3.05, 3.63) is 83.2 Å². The van der Waals surface area contributed by atoms with Crippen LogP contribution in [0.1, 0.15) is 54.9 Å². The fourth-order valence-corrected chi connectivity index (χ4v) is 5.14. The van der Waals surface area contributed by atoms with Crippen molar-refractivity contribution in [1.29, 1.82) is 0 Å². The van der Waals surface area contributed by atoms with Crippen LogP contribution < -0.4 is 9.47 Å². The van der Waals surface area contributed by atoms with Crippen molar-refractivity contribution < 1.29 is 23.8 Å². The molecule has 5 heteroatoms. The topological polar surface area (TPSA) is 55.8 Å². The summed E-state index contributed by atoms with van der Waals surface area (Å²) in [4.78, 5) is 11.7. The van der Waals surface area contributed by atoms with Crippen molar-refractivity contribution in [3.8, 4) is 22.6 Å². The Bertz CT molecular complexity index is 1200. The van der Waals surface area contributed by atoms with E-state index in [4.69, 9.17) is 9.47 Å². The van der Waals surface area contributed by atoms with E-state index in [9.17, 15) is 14.3 Å². The molecule has 1 saturated carbocycles. The SMILES string of the molecule is COc1ccc(F)c(-c2ccc(C3CCc4ccc([C@H](C5CC5)C(C)C(=O)O)cc4O3)cc2)c1. The molecule has 3 aromatic carbocycles. The Kier molecular flexibility index (Phi) is 6.03. The van der Waals surface area contributed by atoms with Crippen molar-refractivity contribution in [1.82, 2.24) is 0 Å². The number of aliphatic carboxylic acids is 1. The van der Waals surface area contributed by atoms with Gasteiger partial charge in [0.25, 0.3) is 0 Å². The van der Waals surface area contributed by atoms with Crippen LogP contribution in [0.5, 0.6) is 11.5 Å². The molecule has 176 valence electrons. The Hall–Kier alpha value is -3.34. The number of aryl methyl sites for hydroxylation is 1. The quantitative estimate of drug-likeness (QED) is 0.422. The van der Waals surface area contributed by atoms with Crippen molar-refractivity contribution in [3.63, 3.8) is 0 Å². The van der Waals surface area contributed by atoms with Crippen LogP contribution >= 0.6 is 0 Å². The number of hydrogen-bond donors (Lipinski definition) is 1. The van der Waals surface area contributed by atoms with Gasteiger partial charge in [0.1, 0.15) is 23.4 Å². The minimum absolute atomic E-state index is 0.0174. The molecule has 0 saturated heterocycles. The van der Waals surface area contributed by atoms with Crippen LogP contribution in [0.2, 0.25) is 0 Å². The third-order valence-electron chi connectivity index (χ3n) is 7.25.